The van der Waals surface area contributed by atoms with Gasteiger partial charge in [0.25, 0.3) is 0 Å². The molecule has 0 N–H and O–H groups in total. The number of carbonyl (C=O) groups excluding carboxylic acids is 1. The Kier molecular flexibility index (Phi) is 6.96. The molecule has 0 radical (unpaired) electrons. The predicted octanol–water partition coefficient (Wildman–Crippen LogP) is 0.653. The fraction of sp³-hybridized carbons (Fsp3) is 0.923. The zero-order valence-corrected chi connectivity index (χ0v) is 13.1. The van der Waals surface area contributed by atoms with E-state index in [4.69, 9.17) is 4.74 Å². The minimum Gasteiger partial charge on any atom is -0.469 e. The number of hydrogen-bond donors (Lipinski definition) is 0. The maximum Gasteiger partial charge on any atom is 0.309 e. The van der Waals surface area contributed by atoms with Crippen molar-refractivity contribution < 1.29 is 18.5 Å². The maximum absolute atomic E-state index is 12.0. The zero-order valence-electron chi connectivity index (χ0n) is 12.3. The average molecular weight is 291 g/mol. The van der Waals surface area contributed by atoms with E-state index < -0.39 is 10.8 Å². The summed E-state index contributed by atoms with van der Waals surface area (Å²) in [5, 5.41) is 0. The Labute approximate surface area is 118 Å². The van der Waals surface area contributed by atoms with Gasteiger partial charge in [-0.3, -0.25) is 13.9 Å². The standard InChI is InChI=1S/C13H25NO4S/c1-10(2)14-5-6-18-12(7-14)9-19(16)8-11(3)13(15)17-4/h10-12H,5-9H2,1-4H3. The van der Waals surface area contributed by atoms with E-state index >= 15 is 0 Å². The highest BCUT2D eigenvalue weighted by Crippen LogP contribution is 2.11. The molecule has 0 saturated carbocycles. The van der Waals surface area contributed by atoms with Crippen molar-refractivity contribution >= 4 is 16.8 Å². The highest BCUT2D eigenvalue weighted by Gasteiger charge is 2.25. The first-order valence-electron chi connectivity index (χ1n) is 6.72. The molecular weight excluding hydrogens is 266 g/mol. The molecule has 1 heterocycles. The molecule has 0 aromatic heterocycles. The molecule has 1 fully saturated rings. The second-order valence-electron chi connectivity index (χ2n) is 5.28. The number of ether oxygens (including phenoxy) is 2. The summed E-state index contributed by atoms with van der Waals surface area (Å²) in [5.41, 5.74) is 0. The van der Waals surface area contributed by atoms with Crippen LogP contribution in [0.3, 0.4) is 0 Å². The Morgan fingerprint density at radius 2 is 2.16 bits per heavy atom. The van der Waals surface area contributed by atoms with Crippen LogP contribution in [0.4, 0.5) is 0 Å². The molecule has 3 atom stereocenters. The molecule has 0 aliphatic carbocycles. The normalized spacial score (nSPS) is 24.2. The molecule has 0 amide bonds. The lowest BCUT2D eigenvalue weighted by atomic mass is 10.2. The van der Waals surface area contributed by atoms with Crippen LogP contribution in [0.2, 0.25) is 0 Å². The van der Waals surface area contributed by atoms with Gasteiger partial charge < -0.3 is 9.47 Å². The van der Waals surface area contributed by atoms with Gasteiger partial charge in [-0.2, -0.15) is 0 Å². The fourth-order valence-electron chi connectivity index (χ4n) is 2.14. The van der Waals surface area contributed by atoms with Gasteiger partial charge in [-0.15, -0.1) is 0 Å². The van der Waals surface area contributed by atoms with Crippen molar-refractivity contribution in [3.8, 4) is 0 Å². The first kappa shape index (κ1) is 16.6. The number of nitrogens with zero attached hydrogens (tertiary/aromatic N) is 1. The van der Waals surface area contributed by atoms with Gasteiger partial charge in [0.15, 0.2) is 0 Å². The van der Waals surface area contributed by atoms with Crippen LogP contribution in [0.1, 0.15) is 20.8 Å². The van der Waals surface area contributed by atoms with Crippen LogP contribution < -0.4 is 0 Å². The van der Waals surface area contributed by atoms with Crippen molar-refractivity contribution in [3.05, 3.63) is 0 Å². The van der Waals surface area contributed by atoms with Crippen LogP contribution in [-0.2, 0) is 25.1 Å². The van der Waals surface area contributed by atoms with Gasteiger partial charge in [0.1, 0.15) is 0 Å². The molecule has 6 heteroatoms. The van der Waals surface area contributed by atoms with Crippen LogP contribution in [0, 0.1) is 5.92 Å². The molecule has 0 bridgehead atoms. The molecule has 3 unspecified atom stereocenters. The SMILES string of the molecule is COC(=O)C(C)CS(=O)CC1CN(C(C)C)CCO1. The van der Waals surface area contributed by atoms with E-state index in [0.29, 0.717) is 24.2 Å². The van der Waals surface area contributed by atoms with Crippen LogP contribution in [0.15, 0.2) is 0 Å². The molecule has 0 spiro atoms. The molecule has 1 rings (SSSR count). The van der Waals surface area contributed by atoms with E-state index in [9.17, 15) is 9.00 Å². The highest BCUT2D eigenvalue weighted by atomic mass is 32.2. The second kappa shape index (κ2) is 7.97. The Hall–Kier alpha value is -0.460. The van der Waals surface area contributed by atoms with Crippen LogP contribution in [-0.4, -0.2) is 65.5 Å². The lowest BCUT2D eigenvalue weighted by Crippen LogP contribution is -2.47. The summed E-state index contributed by atoms with van der Waals surface area (Å²) in [5.74, 6) is 0.205. The lowest BCUT2D eigenvalue weighted by Gasteiger charge is -2.35. The van der Waals surface area contributed by atoms with Crippen molar-refractivity contribution in [2.24, 2.45) is 5.92 Å². The third-order valence-corrected chi connectivity index (χ3v) is 4.93. The van der Waals surface area contributed by atoms with E-state index in [1.165, 1.54) is 7.11 Å². The third kappa shape index (κ3) is 5.58. The maximum atomic E-state index is 12.0. The summed E-state index contributed by atoms with van der Waals surface area (Å²) in [6, 6.07) is 0.480. The molecular formula is C13H25NO4S. The van der Waals surface area contributed by atoms with Gasteiger partial charge in [0.2, 0.25) is 0 Å². The molecule has 5 nitrogen and oxygen atoms in total. The van der Waals surface area contributed by atoms with Crippen molar-refractivity contribution in [1.82, 2.24) is 4.90 Å². The number of carbonyl (C=O) groups is 1. The molecule has 112 valence electrons. The zero-order chi connectivity index (χ0) is 14.4. The Morgan fingerprint density at radius 1 is 1.47 bits per heavy atom. The molecule has 1 aliphatic heterocycles. The van der Waals surface area contributed by atoms with Gasteiger partial charge in [-0.05, 0) is 13.8 Å². The Morgan fingerprint density at radius 3 is 2.74 bits per heavy atom. The average Bonchev–Trinajstić information content (AvgIpc) is 2.37. The number of methoxy groups -OCH3 is 1. The van der Waals surface area contributed by atoms with E-state index in [2.05, 4.69) is 23.5 Å². The smallest absolute Gasteiger partial charge is 0.309 e. The first-order valence-corrected chi connectivity index (χ1v) is 8.21. The van der Waals surface area contributed by atoms with E-state index in [-0.39, 0.29) is 18.0 Å². The van der Waals surface area contributed by atoms with Gasteiger partial charge in [0.05, 0.1) is 31.5 Å². The summed E-state index contributed by atoms with van der Waals surface area (Å²) in [6.45, 7) is 8.48. The van der Waals surface area contributed by atoms with Gasteiger partial charge in [-0.25, -0.2) is 0 Å². The van der Waals surface area contributed by atoms with Crippen molar-refractivity contribution in [1.29, 1.82) is 0 Å². The van der Waals surface area contributed by atoms with E-state index in [1.807, 2.05) is 0 Å². The molecule has 0 aromatic rings. The van der Waals surface area contributed by atoms with Crippen LogP contribution >= 0.6 is 0 Å². The molecule has 19 heavy (non-hydrogen) atoms. The summed E-state index contributed by atoms with van der Waals surface area (Å²) in [6.07, 6.45) is 0.00169. The molecule has 1 aliphatic rings. The predicted molar refractivity (Wildman–Crippen MR) is 75.5 cm³/mol. The largest absolute Gasteiger partial charge is 0.469 e. The van der Waals surface area contributed by atoms with E-state index in [1.54, 1.807) is 6.92 Å². The van der Waals surface area contributed by atoms with Crippen molar-refractivity contribution in [3.63, 3.8) is 0 Å². The van der Waals surface area contributed by atoms with Gasteiger partial charge in [-0.1, -0.05) is 6.92 Å². The summed E-state index contributed by atoms with van der Waals surface area (Å²) >= 11 is 0. The minimum atomic E-state index is -1.05. The molecule has 0 aromatic carbocycles. The first-order chi connectivity index (χ1) is 8.93. The third-order valence-electron chi connectivity index (χ3n) is 3.31. The number of morpholine rings is 1. The minimum absolute atomic E-state index is 0.00169. The van der Waals surface area contributed by atoms with Crippen molar-refractivity contribution in [2.75, 3.05) is 38.3 Å². The quantitative estimate of drug-likeness (QED) is 0.673. The number of rotatable bonds is 6. The Balaban J connectivity index is 2.37. The monoisotopic (exact) mass is 291 g/mol. The highest BCUT2D eigenvalue weighted by molar-refractivity contribution is 7.85. The number of hydrogen-bond acceptors (Lipinski definition) is 5. The summed E-state index contributed by atoms with van der Waals surface area (Å²) in [4.78, 5) is 13.6. The lowest BCUT2D eigenvalue weighted by molar-refractivity contribution is -0.144. The van der Waals surface area contributed by atoms with Gasteiger partial charge in [0, 0.05) is 35.7 Å². The van der Waals surface area contributed by atoms with Crippen molar-refractivity contribution in [2.45, 2.75) is 32.9 Å². The van der Waals surface area contributed by atoms with Crippen LogP contribution in [0.25, 0.3) is 0 Å². The van der Waals surface area contributed by atoms with Crippen LogP contribution in [0.5, 0.6) is 0 Å². The second-order valence-corrected chi connectivity index (χ2v) is 6.83. The number of esters is 1. The topological polar surface area (TPSA) is 55.8 Å². The van der Waals surface area contributed by atoms with E-state index in [0.717, 1.165) is 13.1 Å². The summed E-state index contributed by atoms with van der Waals surface area (Å²) in [7, 11) is 0.303. The molecule has 1 saturated heterocycles. The summed E-state index contributed by atoms with van der Waals surface area (Å²) < 4.78 is 22.3. The Bertz CT molecular complexity index is 322. The van der Waals surface area contributed by atoms with Gasteiger partial charge >= 0.3 is 5.97 Å². The fourth-order valence-corrected chi connectivity index (χ4v) is 3.58.